The highest BCUT2D eigenvalue weighted by molar-refractivity contribution is 7.71. The number of benzene rings is 1. The van der Waals surface area contributed by atoms with Crippen molar-refractivity contribution in [2.45, 2.75) is 20.8 Å². The monoisotopic (exact) mass is 323 g/mol. The molecule has 0 aliphatic rings. The topological polar surface area (TPSA) is 108 Å². The van der Waals surface area contributed by atoms with E-state index in [1.54, 1.807) is 7.05 Å². The highest BCUT2D eigenvalue weighted by Crippen LogP contribution is 2.15. The minimum Gasteiger partial charge on any atom is -0.478 e. The molecule has 1 aromatic heterocycles. The van der Waals surface area contributed by atoms with Crippen LogP contribution in [0.3, 0.4) is 0 Å². The van der Waals surface area contributed by atoms with E-state index in [4.69, 9.17) is 5.11 Å². The van der Waals surface area contributed by atoms with Crippen LogP contribution < -0.4 is 11.1 Å². The van der Waals surface area contributed by atoms with Gasteiger partial charge in [0.15, 0.2) is 4.77 Å². The fraction of sp³-hybridized carbons (Fsp3) is 0.286. The number of aromatic amines is 2. The Kier molecular flexibility index (Phi) is 5.58. The first kappa shape index (κ1) is 17.6. The molecule has 0 saturated carbocycles. The molecular formula is C14H17N3O4S. The number of H-pyrrole nitrogens is 2. The van der Waals surface area contributed by atoms with Crippen LogP contribution in [0.1, 0.15) is 27.0 Å². The zero-order valence-electron chi connectivity index (χ0n) is 12.7. The number of nitrogens with zero attached hydrogens (tertiary/aromatic N) is 1. The molecule has 0 spiro atoms. The molecule has 0 aliphatic heterocycles. The highest BCUT2D eigenvalue weighted by Gasteiger charge is 2.09. The number of hydrogen-bond donors (Lipinski definition) is 3. The van der Waals surface area contributed by atoms with Gasteiger partial charge in [0.05, 0.1) is 5.56 Å². The minimum absolute atomic E-state index is 0.199. The molecule has 0 unspecified atom stereocenters. The smallest absolute Gasteiger partial charge is 0.336 e. The molecule has 0 amide bonds. The summed E-state index contributed by atoms with van der Waals surface area (Å²) in [5.74, 6) is -0.843. The van der Waals surface area contributed by atoms with Crippen LogP contribution in [0.15, 0.2) is 21.7 Å². The van der Waals surface area contributed by atoms with Crippen molar-refractivity contribution < 1.29 is 9.90 Å². The molecule has 8 heteroatoms. The number of aromatic carboxylic acids is 1. The van der Waals surface area contributed by atoms with Gasteiger partial charge < -0.3 is 5.11 Å². The molecule has 1 heterocycles. The molecule has 0 bridgehead atoms. The van der Waals surface area contributed by atoms with Gasteiger partial charge >= 0.3 is 17.1 Å². The molecule has 2 rings (SSSR count). The van der Waals surface area contributed by atoms with E-state index in [1.165, 1.54) is 4.68 Å². The lowest BCUT2D eigenvalue weighted by atomic mass is 10.0. The third-order valence-corrected chi connectivity index (χ3v) is 3.27. The van der Waals surface area contributed by atoms with Gasteiger partial charge in [0.1, 0.15) is 0 Å². The Morgan fingerprint density at radius 1 is 1.14 bits per heavy atom. The second-order valence-electron chi connectivity index (χ2n) is 4.84. The third kappa shape index (κ3) is 4.26. The van der Waals surface area contributed by atoms with Crippen LogP contribution in [0, 0.1) is 25.5 Å². The molecule has 0 fully saturated rings. The average Bonchev–Trinajstić information content (AvgIpc) is 2.35. The summed E-state index contributed by atoms with van der Waals surface area (Å²) >= 11 is 4.64. The lowest BCUT2D eigenvalue weighted by molar-refractivity contribution is 0.0695. The van der Waals surface area contributed by atoms with Gasteiger partial charge in [0.2, 0.25) is 0 Å². The summed E-state index contributed by atoms with van der Waals surface area (Å²) in [6.45, 7) is 5.61. The Morgan fingerprint density at radius 3 is 2.05 bits per heavy atom. The van der Waals surface area contributed by atoms with Crippen molar-refractivity contribution in [3.8, 4) is 0 Å². The molecular weight excluding hydrogens is 306 g/mol. The van der Waals surface area contributed by atoms with Crippen LogP contribution in [-0.4, -0.2) is 25.8 Å². The number of aryl methyl sites for hydroxylation is 4. The van der Waals surface area contributed by atoms with Crippen LogP contribution in [0.5, 0.6) is 0 Å². The van der Waals surface area contributed by atoms with Gasteiger partial charge in [-0.05, 0) is 44.1 Å². The van der Waals surface area contributed by atoms with E-state index in [2.05, 4.69) is 22.3 Å². The quantitative estimate of drug-likeness (QED) is 0.543. The number of carboxylic acid groups (broad SMARTS) is 1. The Hall–Kier alpha value is -2.48. The fourth-order valence-corrected chi connectivity index (χ4v) is 2.15. The zero-order chi connectivity index (χ0) is 17.0. The molecule has 2 aromatic rings. The van der Waals surface area contributed by atoms with Gasteiger partial charge in [0, 0.05) is 7.05 Å². The average molecular weight is 323 g/mol. The van der Waals surface area contributed by atoms with E-state index < -0.39 is 17.1 Å². The van der Waals surface area contributed by atoms with Gasteiger partial charge in [-0.15, -0.1) is 0 Å². The van der Waals surface area contributed by atoms with Crippen LogP contribution in [0.4, 0.5) is 0 Å². The van der Waals surface area contributed by atoms with Gasteiger partial charge in [-0.1, -0.05) is 17.7 Å². The first-order valence-corrected chi connectivity index (χ1v) is 6.75. The number of rotatable bonds is 1. The maximum Gasteiger partial charge on any atom is 0.336 e. The number of hydrogen-bond acceptors (Lipinski definition) is 4. The van der Waals surface area contributed by atoms with E-state index >= 15 is 0 Å². The first-order valence-electron chi connectivity index (χ1n) is 6.34. The summed E-state index contributed by atoms with van der Waals surface area (Å²) in [6, 6.07) is 3.77. The second-order valence-corrected chi connectivity index (χ2v) is 5.22. The maximum absolute atomic E-state index is 10.8. The number of nitrogens with one attached hydrogen (secondary N) is 2. The molecule has 0 saturated heterocycles. The van der Waals surface area contributed by atoms with Crippen LogP contribution in [0.25, 0.3) is 0 Å². The largest absolute Gasteiger partial charge is 0.478 e. The summed E-state index contributed by atoms with van der Waals surface area (Å²) in [4.78, 5) is 34.0. The van der Waals surface area contributed by atoms with E-state index in [-0.39, 0.29) is 4.77 Å². The summed E-state index contributed by atoms with van der Waals surface area (Å²) in [6.07, 6.45) is 0. The third-order valence-electron chi connectivity index (χ3n) is 2.89. The van der Waals surface area contributed by atoms with Crippen molar-refractivity contribution in [1.29, 1.82) is 0 Å². The molecule has 7 nitrogen and oxygen atoms in total. The molecule has 22 heavy (non-hydrogen) atoms. The summed E-state index contributed by atoms with van der Waals surface area (Å²) in [5, 5.41) is 11.1. The fourth-order valence-electron chi connectivity index (χ4n) is 2.01. The van der Waals surface area contributed by atoms with E-state index in [0.717, 1.165) is 16.7 Å². The van der Waals surface area contributed by atoms with Crippen molar-refractivity contribution in [1.82, 2.24) is 14.8 Å². The predicted octanol–water partition coefficient (Wildman–Crippen LogP) is 1.44. The van der Waals surface area contributed by atoms with Gasteiger partial charge in [-0.25, -0.2) is 4.79 Å². The zero-order valence-corrected chi connectivity index (χ0v) is 13.5. The molecule has 0 atom stereocenters. The lowest BCUT2D eigenvalue weighted by Gasteiger charge is -2.05. The van der Waals surface area contributed by atoms with Crippen molar-refractivity contribution in [3.05, 3.63) is 59.9 Å². The summed E-state index contributed by atoms with van der Waals surface area (Å²) < 4.78 is 1.46. The van der Waals surface area contributed by atoms with Crippen LogP contribution in [0.2, 0.25) is 0 Å². The summed E-state index contributed by atoms with van der Waals surface area (Å²) in [7, 11) is 1.54. The van der Waals surface area contributed by atoms with Gasteiger partial charge in [0.25, 0.3) is 0 Å². The maximum atomic E-state index is 10.8. The Bertz CT molecular complexity index is 854. The summed E-state index contributed by atoms with van der Waals surface area (Å²) in [5.41, 5.74) is 1.79. The SMILES string of the molecule is Cc1cc(C)c(C(=O)O)c(C)c1.Cn1[nH]c(=O)c(=O)[nH]c1=S. The van der Waals surface area contributed by atoms with E-state index in [1.807, 2.05) is 32.9 Å². The number of carboxylic acids is 1. The Morgan fingerprint density at radius 2 is 1.64 bits per heavy atom. The molecule has 3 N–H and O–H groups in total. The lowest BCUT2D eigenvalue weighted by Crippen LogP contribution is -2.33. The van der Waals surface area contributed by atoms with Crippen LogP contribution in [-0.2, 0) is 7.05 Å². The predicted molar refractivity (Wildman–Crippen MR) is 85.1 cm³/mol. The molecule has 1 aromatic carbocycles. The van der Waals surface area contributed by atoms with Crippen molar-refractivity contribution in [2.24, 2.45) is 7.05 Å². The van der Waals surface area contributed by atoms with Crippen molar-refractivity contribution in [3.63, 3.8) is 0 Å². The first-order chi connectivity index (χ1) is 10.1. The van der Waals surface area contributed by atoms with Crippen molar-refractivity contribution >= 4 is 18.2 Å². The normalized spacial score (nSPS) is 9.82. The Balaban J connectivity index is 0.000000224. The van der Waals surface area contributed by atoms with Gasteiger partial charge in [-0.2, -0.15) is 0 Å². The van der Waals surface area contributed by atoms with Crippen LogP contribution >= 0.6 is 12.2 Å². The molecule has 118 valence electrons. The molecule has 0 radical (unpaired) electrons. The highest BCUT2D eigenvalue weighted by atomic mass is 32.1. The van der Waals surface area contributed by atoms with E-state index in [9.17, 15) is 14.4 Å². The molecule has 0 aliphatic carbocycles. The minimum atomic E-state index is -0.843. The number of aromatic nitrogens is 3. The van der Waals surface area contributed by atoms with E-state index in [0.29, 0.717) is 5.56 Å². The standard InChI is InChI=1S/C10H12O2.C4H5N3O2S/c1-6-4-7(2)9(10(11)12)8(3)5-6;1-7-4(10)5-2(8)3(9)6-7/h4-5H,1-3H3,(H,11,12);1H3,(H,6,9)(H,5,8,10). The number of carbonyl (C=O) groups is 1. The van der Waals surface area contributed by atoms with Gasteiger partial charge in [-0.3, -0.25) is 24.4 Å². The Labute approximate surface area is 131 Å². The second kappa shape index (κ2) is 6.99. The van der Waals surface area contributed by atoms with Crippen molar-refractivity contribution in [2.75, 3.05) is 0 Å².